The van der Waals surface area contributed by atoms with Crippen molar-refractivity contribution in [1.29, 1.82) is 0 Å². The Balaban J connectivity index is 1.32. The molecule has 0 bridgehead atoms. The van der Waals surface area contributed by atoms with E-state index in [-0.39, 0.29) is 11.5 Å². The highest BCUT2D eigenvalue weighted by Gasteiger charge is 2.24. The van der Waals surface area contributed by atoms with Gasteiger partial charge in [0, 0.05) is 25.2 Å². The molecule has 1 aromatic carbocycles. The van der Waals surface area contributed by atoms with Gasteiger partial charge in [0.2, 0.25) is 5.91 Å². The molecule has 8 heteroatoms. The summed E-state index contributed by atoms with van der Waals surface area (Å²) in [4.78, 5) is 42.3. The van der Waals surface area contributed by atoms with Gasteiger partial charge in [-0.3, -0.25) is 9.59 Å². The number of hydrogen-bond donors (Lipinski definition) is 2. The van der Waals surface area contributed by atoms with Gasteiger partial charge in [0.1, 0.15) is 5.82 Å². The molecule has 1 aliphatic carbocycles. The van der Waals surface area contributed by atoms with Crippen LogP contribution in [0.2, 0.25) is 0 Å². The Kier molecular flexibility index (Phi) is 5.41. The minimum atomic E-state index is -0.617. The summed E-state index contributed by atoms with van der Waals surface area (Å²) in [5.74, 6) is -0.342. The van der Waals surface area contributed by atoms with Gasteiger partial charge in [-0.15, -0.1) is 0 Å². The number of esters is 1. The van der Waals surface area contributed by atoms with Crippen molar-refractivity contribution in [3.63, 3.8) is 0 Å². The molecule has 1 aromatic heterocycles. The number of carbonyl (C=O) groups is 3. The molecule has 1 saturated heterocycles. The number of nitrogens with one attached hydrogen (secondary N) is 2. The van der Waals surface area contributed by atoms with E-state index in [4.69, 9.17) is 4.74 Å². The van der Waals surface area contributed by atoms with Gasteiger partial charge in [0.15, 0.2) is 6.61 Å². The lowest BCUT2D eigenvalue weighted by Gasteiger charge is -2.19. The second-order valence-electron chi connectivity index (χ2n) is 7.14. The van der Waals surface area contributed by atoms with Gasteiger partial charge in [-0.25, -0.2) is 9.78 Å². The number of aromatic nitrogens is 1. The topological polar surface area (TPSA) is 101 Å². The van der Waals surface area contributed by atoms with Crippen molar-refractivity contribution < 1.29 is 19.1 Å². The van der Waals surface area contributed by atoms with Crippen LogP contribution in [0.15, 0.2) is 42.6 Å². The molecule has 2 N–H and O–H groups in total. The second-order valence-corrected chi connectivity index (χ2v) is 7.14. The summed E-state index contributed by atoms with van der Waals surface area (Å²) in [6, 6.07) is 10.9. The van der Waals surface area contributed by atoms with E-state index in [9.17, 15) is 14.4 Å². The molecular formula is C21H22N4O4. The van der Waals surface area contributed by atoms with E-state index < -0.39 is 18.5 Å². The summed E-state index contributed by atoms with van der Waals surface area (Å²) >= 11 is 0. The molecule has 8 nitrogen and oxygen atoms in total. The highest BCUT2D eigenvalue weighted by molar-refractivity contribution is 6.02. The third kappa shape index (κ3) is 4.71. The van der Waals surface area contributed by atoms with Crippen LogP contribution in [0, 0.1) is 0 Å². The van der Waals surface area contributed by atoms with Gasteiger partial charge >= 0.3 is 5.97 Å². The lowest BCUT2D eigenvalue weighted by molar-refractivity contribution is -0.119. The van der Waals surface area contributed by atoms with Gasteiger partial charge in [-0.1, -0.05) is 12.1 Å². The van der Waals surface area contributed by atoms with E-state index in [1.165, 1.54) is 6.20 Å². The number of nitrogens with zero attached hydrogens (tertiary/aromatic N) is 2. The van der Waals surface area contributed by atoms with Crippen LogP contribution in [0.25, 0.3) is 0 Å². The monoisotopic (exact) mass is 394 g/mol. The minimum Gasteiger partial charge on any atom is -0.452 e. The number of carbonyl (C=O) groups excluding carboxylic acids is 3. The van der Waals surface area contributed by atoms with E-state index in [0.29, 0.717) is 30.4 Å². The zero-order valence-electron chi connectivity index (χ0n) is 15.9. The predicted molar refractivity (Wildman–Crippen MR) is 108 cm³/mol. The first kappa shape index (κ1) is 18.9. The summed E-state index contributed by atoms with van der Waals surface area (Å²) in [7, 11) is 0. The number of benzene rings is 1. The predicted octanol–water partition coefficient (Wildman–Crippen LogP) is 2.58. The molecule has 4 rings (SSSR count). The summed E-state index contributed by atoms with van der Waals surface area (Å²) in [6.45, 7) is 0.197. The van der Waals surface area contributed by atoms with E-state index >= 15 is 0 Å². The molecule has 0 unspecified atom stereocenters. The largest absolute Gasteiger partial charge is 0.452 e. The van der Waals surface area contributed by atoms with Crippen LogP contribution in [-0.4, -0.2) is 42.0 Å². The summed E-state index contributed by atoms with van der Waals surface area (Å²) in [6.07, 6.45) is 5.00. The maximum atomic E-state index is 12.3. The number of amides is 2. The van der Waals surface area contributed by atoms with Crippen molar-refractivity contribution in [3.05, 3.63) is 48.2 Å². The van der Waals surface area contributed by atoms with Crippen LogP contribution in [0.5, 0.6) is 0 Å². The highest BCUT2D eigenvalue weighted by atomic mass is 16.5. The van der Waals surface area contributed by atoms with Crippen molar-refractivity contribution in [2.45, 2.75) is 31.7 Å². The fourth-order valence-corrected chi connectivity index (χ4v) is 3.16. The first-order chi connectivity index (χ1) is 14.1. The molecule has 0 spiro atoms. The van der Waals surface area contributed by atoms with Crippen molar-refractivity contribution in [2.24, 2.45) is 0 Å². The van der Waals surface area contributed by atoms with Gasteiger partial charge in [0.25, 0.3) is 5.91 Å². The Hall–Kier alpha value is -3.42. The van der Waals surface area contributed by atoms with Gasteiger partial charge < -0.3 is 20.3 Å². The normalized spacial score (nSPS) is 15.9. The Morgan fingerprint density at radius 3 is 2.69 bits per heavy atom. The number of rotatable bonds is 7. The Morgan fingerprint density at radius 1 is 1.17 bits per heavy atom. The molecule has 0 radical (unpaired) electrons. The Labute approximate surface area is 168 Å². The standard InChI is InChI=1S/C21H22N4O4/c26-19(24-16-4-1-2-5-17(16)25-11-3-6-20(25)27)13-29-21(28)14-7-10-18(22-12-14)23-15-8-9-15/h1-2,4-5,7,10,12,15H,3,6,8-9,11,13H2,(H,22,23)(H,24,26). The van der Waals surface area contributed by atoms with Crippen LogP contribution in [0.3, 0.4) is 0 Å². The van der Waals surface area contributed by atoms with Gasteiger partial charge in [-0.2, -0.15) is 0 Å². The van der Waals surface area contributed by atoms with E-state index in [1.54, 1.807) is 35.2 Å². The van der Waals surface area contributed by atoms with Crippen LogP contribution in [0.4, 0.5) is 17.2 Å². The highest BCUT2D eigenvalue weighted by Crippen LogP contribution is 2.29. The molecule has 2 heterocycles. The summed E-state index contributed by atoms with van der Waals surface area (Å²) in [5, 5.41) is 5.95. The quantitative estimate of drug-likeness (QED) is 0.700. The molecular weight excluding hydrogens is 372 g/mol. The molecule has 2 amide bonds. The second kappa shape index (κ2) is 8.30. The van der Waals surface area contributed by atoms with Crippen LogP contribution < -0.4 is 15.5 Å². The molecule has 29 heavy (non-hydrogen) atoms. The fourth-order valence-electron chi connectivity index (χ4n) is 3.16. The van der Waals surface area contributed by atoms with Gasteiger partial charge in [0.05, 0.1) is 16.9 Å². The summed E-state index contributed by atoms with van der Waals surface area (Å²) < 4.78 is 5.09. The van der Waals surface area contributed by atoms with Crippen molar-refractivity contribution in [2.75, 3.05) is 28.7 Å². The third-order valence-electron chi connectivity index (χ3n) is 4.81. The molecule has 150 valence electrons. The first-order valence-corrected chi connectivity index (χ1v) is 9.69. The SMILES string of the molecule is O=C(COC(=O)c1ccc(NC2CC2)nc1)Nc1ccccc1N1CCCC1=O. The fraction of sp³-hybridized carbons (Fsp3) is 0.333. The lowest BCUT2D eigenvalue weighted by atomic mass is 10.2. The number of ether oxygens (including phenoxy) is 1. The smallest absolute Gasteiger partial charge is 0.340 e. The van der Waals surface area contributed by atoms with E-state index in [0.717, 1.165) is 25.1 Å². The molecule has 2 aromatic rings. The van der Waals surface area contributed by atoms with Crippen molar-refractivity contribution in [1.82, 2.24) is 4.98 Å². The molecule has 2 fully saturated rings. The Morgan fingerprint density at radius 2 is 2.00 bits per heavy atom. The minimum absolute atomic E-state index is 0.0326. The number of hydrogen-bond acceptors (Lipinski definition) is 6. The molecule has 1 aliphatic heterocycles. The number of pyridine rings is 1. The zero-order valence-corrected chi connectivity index (χ0v) is 15.9. The average molecular weight is 394 g/mol. The van der Waals surface area contributed by atoms with Crippen LogP contribution >= 0.6 is 0 Å². The number of para-hydroxylation sites is 2. The zero-order chi connectivity index (χ0) is 20.2. The van der Waals surface area contributed by atoms with Crippen LogP contribution in [0.1, 0.15) is 36.0 Å². The van der Waals surface area contributed by atoms with Crippen LogP contribution in [-0.2, 0) is 14.3 Å². The molecule has 2 aliphatic rings. The third-order valence-corrected chi connectivity index (χ3v) is 4.81. The molecule has 0 atom stereocenters. The van der Waals surface area contributed by atoms with Gasteiger partial charge in [-0.05, 0) is 43.5 Å². The first-order valence-electron chi connectivity index (χ1n) is 9.69. The van der Waals surface area contributed by atoms with Crippen molar-refractivity contribution in [3.8, 4) is 0 Å². The Bertz CT molecular complexity index is 925. The maximum Gasteiger partial charge on any atom is 0.340 e. The van der Waals surface area contributed by atoms with E-state index in [1.807, 2.05) is 6.07 Å². The number of anilines is 3. The molecule has 1 saturated carbocycles. The summed E-state index contributed by atoms with van der Waals surface area (Å²) in [5.41, 5.74) is 1.45. The maximum absolute atomic E-state index is 12.3. The van der Waals surface area contributed by atoms with Crippen molar-refractivity contribution >= 4 is 35.0 Å². The average Bonchev–Trinajstić information content (AvgIpc) is 3.45. The lowest BCUT2D eigenvalue weighted by Crippen LogP contribution is -2.27. The van der Waals surface area contributed by atoms with E-state index in [2.05, 4.69) is 15.6 Å².